The van der Waals surface area contributed by atoms with Crippen LogP contribution in [0.5, 0.6) is 0 Å². The molecule has 2 N–H and O–H groups in total. The summed E-state index contributed by atoms with van der Waals surface area (Å²) in [6, 6.07) is 15.9. The zero-order chi connectivity index (χ0) is 15.4. The number of aryl methyl sites for hydroxylation is 1. The van der Waals surface area contributed by atoms with Gasteiger partial charge in [0.25, 0.3) is 0 Å². The van der Waals surface area contributed by atoms with Crippen LogP contribution < -0.4 is 10.6 Å². The lowest BCUT2D eigenvalue weighted by Gasteiger charge is -2.08. The van der Waals surface area contributed by atoms with Crippen LogP contribution in [-0.2, 0) is 0 Å². The molecule has 0 saturated heterocycles. The number of hydrogen-bond acceptors (Lipinski definition) is 5. The molecule has 5 nitrogen and oxygen atoms in total. The normalized spacial score (nSPS) is 10.3. The monoisotopic (exact) mass is 355 g/mol. The van der Waals surface area contributed by atoms with E-state index in [2.05, 4.69) is 41.7 Å². The number of nitrogens with zero attached hydrogens (tertiary/aromatic N) is 3. The van der Waals surface area contributed by atoms with Gasteiger partial charge in [-0.25, -0.2) is 0 Å². The van der Waals surface area contributed by atoms with Gasteiger partial charge in [0, 0.05) is 15.8 Å². The van der Waals surface area contributed by atoms with Gasteiger partial charge >= 0.3 is 0 Å². The molecule has 3 rings (SSSR count). The molecule has 0 aliphatic rings. The van der Waals surface area contributed by atoms with Crippen molar-refractivity contribution in [1.82, 2.24) is 15.2 Å². The Balaban J connectivity index is 1.76. The molecule has 1 aromatic heterocycles. The van der Waals surface area contributed by atoms with Crippen molar-refractivity contribution >= 4 is 39.1 Å². The first kappa shape index (κ1) is 14.5. The lowest BCUT2D eigenvalue weighted by molar-refractivity contribution is 0.982. The number of anilines is 4. The second-order valence-corrected chi connectivity index (χ2v) is 5.71. The fraction of sp³-hybridized carbons (Fsp3) is 0.0625. The van der Waals surface area contributed by atoms with Crippen molar-refractivity contribution in [1.29, 1.82) is 0 Å². The molecule has 3 aromatic rings. The minimum Gasteiger partial charge on any atom is -0.339 e. The van der Waals surface area contributed by atoms with Crippen LogP contribution in [0.4, 0.5) is 23.1 Å². The Labute approximate surface area is 137 Å². The summed E-state index contributed by atoms with van der Waals surface area (Å²) >= 11 is 3.44. The molecule has 6 heteroatoms. The van der Waals surface area contributed by atoms with Gasteiger partial charge < -0.3 is 10.6 Å². The van der Waals surface area contributed by atoms with Gasteiger partial charge in [0.05, 0.1) is 6.20 Å². The Bertz CT molecular complexity index is 773. The van der Waals surface area contributed by atoms with Gasteiger partial charge in [-0.2, -0.15) is 10.1 Å². The van der Waals surface area contributed by atoms with Crippen LogP contribution in [0.2, 0.25) is 0 Å². The van der Waals surface area contributed by atoms with E-state index in [0.29, 0.717) is 11.8 Å². The molecule has 0 spiro atoms. The summed E-state index contributed by atoms with van der Waals surface area (Å²) in [4.78, 5) is 4.40. The summed E-state index contributed by atoms with van der Waals surface area (Å²) in [6.45, 7) is 2.05. The van der Waals surface area contributed by atoms with Crippen LogP contribution in [0.3, 0.4) is 0 Å². The average molecular weight is 356 g/mol. The lowest BCUT2D eigenvalue weighted by Crippen LogP contribution is -2.02. The maximum atomic E-state index is 4.40. The fourth-order valence-corrected chi connectivity index (χ4v) is 2.30. The third-order valence-corrected chi connectivity index (χ3v) is 3.46. The van der Waals surface area contributed by atoms with E-state index in [1.807, 2.05) is 55.5 Å². The van der Waals surface area contributed by atoms with Gasteiger partial charge in [0.2, 0.25) is 5.95 Å². The van der Waals surface area contributed by atoms with Crippen LogP contribution in [0.15, 0.2) is 59.2 Å². The summed E-state index contributed by atoms with van der Waals surface area (Å²) in [6.07, 6.45) is 1.58. The van der Waals surface area contributed by atoms with Crippen molar-refractivity contribution in [2.75, 3.05) is 10.6 Å². The zero-order valence-corrected chi connectivity index (χ0v) is 13.5. The highest BCUT2D eigenvalue weighted by Gasteiger charge is 2.02. The Morgan fingerprint density at radius 1 is 0.955 bits per heavy atom. The van der Waals surface area contributed by atoms with Crippen LogP contribution in [0.25, 0.3) is 0 Å². The van der Waals surface area contributed by atoms with E-state index in [4.69, 9.17) is 0 Å². The Morgan fingerprint density at radius 2 is 1.77 bits per heavy atom. The van der Waals surface area contributed by atoms with Gasteiger partial charge in [-0.1, -0.05) is 39.7 Å². The molecule has 0 radical (unpaired) electrons. The smallest absolute Gasteiger partial charge is 0.249 e. The molecule has 110 valence electrons. The molecule has 0 fully saturated rings. The van der Waals surface area contributed by atoms with E-state index < -0.39 is 0 Å². The number of benzene rings is 2. The molecular weight excluding hydrogens is 342 g/mol. The van der Waals surface area contributed by atoms with Crippen molar-refractivity contribution in [2.45, 2.75) is 6.92 Å². The van der Waals surface area contributed by atoms with Crippen molar-refractivity contribution in [3.05, 3.63) is 64.8 Å². The Kier molecular flexibility index (Phi) is 4.29. The third-order valence-electron chi connectivity index (χ3n) is 2.96. The van der Waals surface area contributed by atoms with Crippen molar-refractivity contribution < 1.29 is 0 Å². The molecule has 0 amide bonds. The van der Waals surface area contributed by atoms with Crippen LogP contribution in [-0.4, -0.2) is 15.2 Å². The summed E-state index contributed by atoms with van der Waals surface area (Å²) in [7, 11) is 0. The Hall–Kier alpha value is -2.47. The molecule has 0 unspecified atom stereocenters. The standard InChI is InChI=1S/C16H14BrN5/c1-11-5-7-13(8-6-11)20-16-21-15(10-18-22-16)19-14-4-2-3-12(17)9-14/h2-10H,1H3,(H2,19,20,21,22). The molecule has 0 aliphatic heterocycles. The summed E-state index contributed by atoms with van der Waals surface area (Å²) < 4.78 is 0.998. The van der Waals surface area contributed by atoms with Gasteiger partial charge in [-0.3, -0.25) is 0 Å². The lowest BCUT2D eigenvalue weighted by atomic mass is 10.2. The highest BCUT2D eigenvalue weighted by molar-refractivity contribution is 9.10. The molecule has 0 bridgehead atoms. The van der Waals surface area contributed by atoms with Gasteiger partial charge in [-0.05, 0) is 37.3 Å². The van der Waals surface area contributed by atoms with Crippen molar-refractivity contribution in [3.63, 3.8) is 0 Å². The molecule has 0 saturated carbocycles. The van der Waals surface area contributed by atoms with E-state index in [1.54, 1.807) is 6.20 Å². The number of aromatic nitrogens is 3. The van der Waals surface area contributed by atoms with Gasteiger partial charge in [-0.15, -0.1) is 5.10 Å². The van der Waals surface area contributed by atoms with E-state index in [0.717, 1.165) is 15.8 Å². The first-order valence-corrected chi connectivity index (χ1v) is 7.54. The number of halogens is 1. The quantitative estimate of drug-likeness (QED) is 0.724. The minimum atomic E-state index is 0.448. The molecule has 1 heterocycles. The first-order chi connectivity index (χ1) is 10.7. The van der Waals surface area contributed by atoms with Crippen LogP contribution >= 0.6 is 15.9 Å². The maximum Gasteiger partial charge on any atom is 0.249 e. The third kappa shape index (κ3) is 3.79. The topological polar surface area (TPSA) is 62.7 Å². The largest absolute Gasteiger partial charge is 0.339 e. The van der Waals surface area contributed by atoms with Crippen LogP contribution in [0, 0.1) is 6.92 Å². The fourth-order valence-electron chi connectivity index (χ4n) is 1.90. The van der Waals surface area contributed by atoms with Gasteiger partial charge in [0.1, 0.15) is 0 Å². The zero-order valence-electron chi connectivity index (χ0n) is 11.9. The van der Waals surface area contributed by atoms with E-state index >= 15 is 0 Å². The number of nitrogens with one attached hydrogen (secondary N) is 2. The molecule has 22 heavy (non-hydrogen) atoms. The summed E-state index contributed by atoms with van der Waals surface area (Å²) in [5.41, 5.74) is 3.05. The summed E-state index contributed by atoms with van der Waals surface area (Å²) in [5, 5.41) is 14.3. The predicted octanol–water partition coefficient (Wildman–Crippen LogP) is 4.43. The minimum absolute atomic E-state index is 0.448. The average Bonchev–Trinajstić information content (AvgIpc) is 2.50. The van der Waals surface area contributed by atoms with Crippen molar-refractivity contribution in [3.8, 4) is 0 Å². The molecular formula is C16H14BrN5. The highest BCUT2D eigenvalue weighted by atomic mass is 79.9. The highest BCUT2D eigenvalue weighted by Crippen LogP contribution is 2.20. The second-order valence-electron chi connectivity index (χ2n) is 4.79. The molecule has 2 aromatic carbocycles. The molecule has 0 atom stereocenters. The Morgan fingerprint density at radius 3 is 2.55 bits per heavy atom. The van der Waals surface area contributed by atoms with E-state index in [1.165, 1.54) is 5.56 Å². The van der Waals surface area contributed by atoms with Crippen molar-refractivity contribution in [2.24, 2.45) is 0 Å². The first-order valence-electron chi connectivity index (χ1n) is 6.75. The van der Waals surface area contributed by atoms with E-state index in [9.17, 15) is 0 Å². The van der Waals surface area contributed by atoms with Crippen LogP contribution in [0.1, 0.15) is 5.56 Å². The van der Waals surface area contributed by atoms with E-state index in [-0.39, 0.29) is 0 Å². The second kappa shape index (κ2) is 6.53. The SMILES string of the molecule is Cc1ccc(Nc2nncc(Nc3cccc(Br)c3)n2)cc1. The van der Waals surface area contributed by atoms with Gasteiger partial charge in [0.15, 0.2) is 5.82 Å². The summed E-state index contributed by atoms with van der Waals surface area (Å²) in [5.74, 6) is 1.08. The number of hydrogen-bond donors (Lipinski definition) is 2. The number of rotatable bonds is 4. The maximum absolute atomic E-state index is 4.40. The molecule has 0 aliphatic carbocycles. The predicted molar refractivity (Wildman–Crippen MR) is 91.7 cm³/mol.